The summed E-state index contributed by atoms with van der Waals surface area (Å²) in [6.07, 6.45) is 5.94. The summed E-state index contributed by atoms with van der Waals surface area (Å²) in [6, 6.07) is 0. The molecule has 0 spiro atoms. The van der Waals surface area contributed by atoms with Gasteiger partial charge < -0.3 is 9.84 Å². The van der Waals surface area contributed by atoms with Crippen LogP contribution in [0.1, 0.15) is 39.0 Å². The topological polar surface area (TPSA) is 29.5 Å². The standard InChI is InChI=1S/C10H20O2/c1-8(12-2)10(11)7-9-5-3-4-6-9/h8-11H,3-7H2,1-2H3. The summed E-state index contributed by atoms with van der Waals surface area (Å²) in [4.78, 5) is 0. The summed E-state index contributed by atoms with van der Waals surface area (Å²) in [5.74, 6) is 0.748. The van der Waals surface area contributed by atoms with Gasteiger partial charge in [-0.15, -0.1) is 0 Å². The molecule has 1 fully saturated rings. The van der Waals surface area contributed by atoms with E-state index in [9.17, 15) is 5.11 Å². The monoisotopic (exact) mass is 172 g/mol. The number of hydrogen-bond donors (Lipinski definition) is 1. The second-order valence-corrected chi connectivity index (χ2v) is 3.89. The average molecular weight is 172 g/mol. The van der Waals surface area contributed by atoms with Crippen molar-refractivity contribution in [3.8, 4) is 0 Å². The summed E-state index contributed by atoms with van der Waals surface area (Å²) >= 11 is 0. The van der Waals surface area contributed by atoms with E-state index in [-0.39, 0.29) is 12.2 Å². The fourth-order valence-electron chi connectivity index (χ4n) is 1.94. The van der Waals surface area contributed by atoms with E-state index in [4.69, 9.17) is 4.74 Å². The Bertz CT molecular complexity index is 119. The quantitative estimate of drug-likeness (QED) is 0.702. The minimum atomic E-state index is -0.266. The van der Waals surface area contributed by atoms with Gasteiger partial charge in [0.15, 0.2) is 0 Å². The molecule has 2 atom stereocenters. The van der Waals surface area contributed by atoms with E-state index in [1.165, 1.54) is 25.7 Å². The van der Waals surface area contributed by atoms with Gasteiger partial charge in [-0.25, -0.2) is 0 Å². The maximum absolute atomic E-state index is 9.65. The Labute approximate surface area is 74.9 Å². The van der Waals surface area contributed by atoms with E-state index in [2.05, 4.69) is 0 Å². The highest BCUT2D eigenvalue weighted by atomic mass is 16.5. The molecule has 72 valence electrons. The van der Waals surface area contributed by atoms with E-state index in [0.29, 0.717) is 0 Å². The molecule has 0 radical (unpaired) electrons. The lowest BCUT2D eigenvalue weighted by atomic mass is 9.98. The molecule has 2 heteroatoms. The summed E-state index contributed by atoms with van der Waals surface area (Å²) in [7, 11) is 1.66. The third-order valence-electron chi connectivity index (χ3n) is 2.96. The molecule has 12 heavy (non-hydrogen) atoms. The predicted molar refractivity (Wildman–Crippen MR) is 49.1 cm³/mol. The predicted octanol–water partition coefficient (Wildman–Crippen LogP) is 1.96. The minimum absolute atomic E-state index is 0.00870. The normalized spacial score (nSPS) is 24.2. The van der Waals surface area contributed by atoms with Gasteiger partial charge in [-0.1, -0.05) is 25.7 Å². The Balaban J connectivity index is 2.19. The maximum atomic E-state index is 9.65. The van der Waals surface area contributed by atoms with Gasteiger partial charge in [0, 0.05) is 7.11 Å². The molecule has 0 amide bonds. The third-order valence-corrected chi connectivity index (χ3v) is 2.96. The van der Waals surface area contributed by atoms with Crippen molar-refractivity contribution in [2.75, 3.05) is 7.11 Å². The molecule has 0 saturated heterocycles. The Morgan fingerprint density at radius 2 is 2.00 bits per heavy atom. The molecule has 1 aliphatic rings. The Morgan fingerprint density at radius 1 is 1.42 bits per heavy atom. The first-order valence-corrected chi connectivity index (χ1v) is 4.95. The highest BCUT2D eigenvalue weighted by Crippen LogP contribution is 2.29. The van der Waals surface area contributed by atoms with E-state index in [0.717, 1.165) is 12.3 Å². The van der Waals surface area contributed by atoms with E-state index in [1.54, 1.807) is 7.11 Å². The first-order valence-electron chi connectivity index (χ1n) is 4.95. The molecule has 0 bridgehead atoms. The number of methoxy groups -OCH3 is 1. The summed E-state index contributed by atoms with van der Waals surface area (Å²) in [5, 5.41) is 9.65. The minimum Gasteiger partial charge on any atom is -0.390 e. The van der Waals surface area contributed by atoms with Gasteiger partial charge in [-0.3, -0.25) is 0 Å². The van der Waals surface area contributed by atoms with Crippen molar-refractivity contribution in [2.24, 2.45) is 5.92 Å². The van der Waals surface area contributed by atoms with Gasteiger partial charge in [0.1, 0.15) is 0 Å². The summed E-state index contributed by atoms with van der Waals surface area (Å²) < 4.78 is 5.07. The van der Waals surface area contributed by atoms with Crippen LogP contribution in [-0.2, 0) is 4.74 Å². The van der Waals surface area contributed by atoms with Crippen LogP contribution < -0.4 is 0 Å². The summed E-state index contributed by atoms with van der Waals surface area (Å²) in [5.41, 5.74) is 0. The van der Waals surface area contributed by atoms with Gasteiger partial charge in [-0.05, 0) is 19.3 Å². The number of ether oxygens (including phenoxy) is 1. The number of aliphatic hydroxyl groups excluding tert-OH is 1. The van der Waals surface area contributed by atoms with Crippen LogP contribution in [0.4, 0.5) is 0 Å². The summed E-state index contributed by atoms with van der Waals surface area (Å²) in [6.45, 7) is 1.93. The Hall–Kier alpha value is -0.0800. The van der Waals surface area contributed by atoms with Crippen LogP contribution in [-0.4, -0.2) is 24.4 Å². The third kappa shape index (κ3) is 2.76. The van der Waals surface area contributed by atoms with E-state index >= 15 is 0 Å². The lowest BCUT2D eigenvalue weighted by Gasteiger charge is -2.20. The fourth-order valence-corrected chi connectivity index (χ4v) is 1.94. The van der Waals surface area contributed by atoms with Crippen molar-refractivity contribution in [2.45, 2.75) is 51.2 Å². The van der Waals surface area contributed by atoms with Crippen molar-refractivity contribution < 1.29 is 9.84 Å². The number of rotatable bonds is 4. The zero-order chi connectivity index (χ0) is 8.97. The van der Waals surface area contributed by atoms with Crippen molar-refractivity contribution >= 4 is 0 Å². The molecule has 0 heterocycles. The first-order chi connectivity index (χ1) is 5.74. The highest BCUT2D eigenvalue weighted by molar-refractivity contribution is 4.73. The molecule has 1 saturated carbocycles. The van der Waals surface area contributed by atoms with Crippen molar-refractivity contribution in [1.82, 2.24) is 0 Å². The molecule has 1 rings (SSSR count). The smallest absolute Gasteiger partial charge is 0.0802 e. The zero-order valence-corrected chi connectivity index (χ0v) is 8.12. The molecule has 0 aromatic heterocycles. The van der Waals surface area contributed by atoms with Crippen LogP contribution in [0.15, 0.2) is 0 Å². The number of hydrogen-bond acceptors (Lipinski definition) is 2. The molecule has 1 N–H and O–H groups in total. The molecular formula is C10H20O2. The van der Waals surface area contributed by atoms with Crippen LogP contribution in [0.5, 0.6) is 0 Å². The highest BCUT2D eigenvalue weighted by Gasteiger charge is 2.21. The van der Waals surface area contributed by atoms with Crippen LogP contribution in [0, 0.1) is 5.92 Å². The van der Waals surface area contributed by atoms with Crippen molar-refractivity contribution in [3.05, 3.63) is 0 Å². The molecule has 0 aromatic rings. The molecule has 0 aromatic carbocycles. The van der Waals surface area contributed by atoms with Gasteiger partial charge in [0.25, 0.3) is 0 Å². The Kier molecular flexibility index (Phi) is 4.02. The second-order valence-electron chi connectivity index (χ2n) is 3.89. The SMILES string of the molecule is COC(C)C(O)CC1CCCC1. The van der Waals surface area contributed by atoms with Crippen LogP contribution in [0.25, 0.3) is 0 Å². The first kappa shape index (κ1) is 10.0. The molecule has 0 aliphatic heterocycles. The van der Waals surface area contributed by atoms with Gasteiger partial charge in [0.05, 0.1) is 12.2 Å². The van der Waals surface area contributed by atoms with E-state index < -0.39 is 0 Å². The lowest BCUT2D eigenvalue weighted by Crippen LogP contribution is -2.26. The molecule has 1 aliphatic carbocycles. The largest absolute Gasteiger partial charge is 0.390 e. The van der Waals surface area contributed by atoms with E-state index in [1.807, 2.05) is 6.92 Å². The average Bonchev–Trinajstić information content (AvgIpc) is 2.55. The molecular weight excluding hydrogens is 152 g/mol. The number of aliphatic hydroxyl groups is 1. The van der Waals surface area contributed by atoms with Gasteiger partial charge in [-0.2, -0.15) is 0 Å². The molecule has 2 unspecified atom stereocenters. The fraction of sp³-hybridized carbons (Fsp3) is 1.00. The molecule has 2 nitrogen and oxygen atoms in total. The second kappa shape index (κ2) is 4.83. The lowest BCUT2D eigenvalue weighted by molar-refractivity contribution is -0.0117. The Morgan fingerprint density at radius 3 is 2.50 bits per heavy atom. The van der Waals surface area contributed by atoms with Crippen molar-refractivity contribution in [3.63, 3.8) is 0 Å². The van der Waals surface area contributed by atoms with Crippen LogP contribution >= 0.6 is 0 Å². The van der Waals surface area contributed by atoms with Crippen LogP contribution in [0.3, 0.4) is 0 Å². The van der Waals surface area contributed by atoms with Crippen LogP contribution in [0.2, 0.25) is 0 Å². The van der Waals surface area contributed by atoms with Crippen molar-refractivity contribution in [1.29, 1.82) is 0 Å². The van der Waals surface area contributed by atoms with Gasteiger partial charge >= 0.3 is 0 Å². The maximum Gasteiger partial charge on any atom is 0.0802 e. The zero-order valence-electron chi connectivity index (χ0n) is 8.12. The van der Waals surface area contributed by atoms with Gasteiger partial charge in [0.2, 0.25) is 0 Å².